The molecule has 1 fully saturated rings. The van der Waals surface area contributed by atoms with Crippen LogP contribution in [0, 0.1) is 12.7 Å². The van der Waals surface area contributed by atoms with Gasteiger partial charge in [0, 0.05) is 32.0 Å². The number of ether oxygens (including phenoxy) is 1. The highest BCUT2D eigenvalue weighted by Gasteiger charge is 2.45. The molecule has 1 saturated heterocycles. The summed E-state index contributed by atoms with van der Waals surface area (Å²) in [6.07, 6.45) is 1.44. The van der Waals surface area contributed by atoms with Crippen LogP contribution in [0.15, 0.2) is 35.0 Å². The van der Waals surface area contributed by atoms with Gasteiger partial charge in [-0.05, 0) is 24.6 Å². The number of benzene rings is 1. The fourth-order valence-corrected chi connectivity index (χ4v) is 2.81. The maximum Gasteiger partial charge on any atom is 0.348 e. The molecule has 2 heterocycles. The molecule has 132 valence electrons. The third-order valence-corrected chi connectivity index (χ3v) is 4.29. The first kappa shape index (κ1) is 16.9. The standard InChI is InChI=1S/C17H17FN2O5/c1-11-2-3-12(18)14(10-11)24-17(16(22)23)5-8-20(9-6-17)15(21)13-4-7-19-25-13/h2-4,7,10H,5-6,8-9H2,1H3,(H,22,23). The molecule has 0 atom stereocenters. The number of amides is 1. The van der Waals surface area contributed by atoms with Crippen molar-refractivity contribution in [3.63, 3.8) is 0 Å². The van der Waals surface area contributed by atoms with E-state index in [0.29, 0.717) is 0 Å². The summed E-state index contributed by atoms with van der Waals surface area (Å²) in [7, 11) is 0. The van der Waals surface area contributed by atoms with Crippen molar-refractivity contribution < 1.29 is 28.3 Å². The third-order valence-electron chi connectivity index (χ3n) is 4.29. The third kappa shape index (κ3) is 3.33. The van der Waals surface area contributed by atoms with Gasteiger partial charge in [-0.25, -0.2) is 9.18 Å². The predicted octanol–water partition coefficient (Wildman–Crippen LogP) is 2.26. The fraction of sp³-hybridized carbons (Fsp3) is 0.353. The number of hydrogen-bond acceptors (Lipinski definition) is 5. The average Bonchev–Trinajstić information content (AvgIpc) is 3.12. The number of carbonyl (C=O) groups excluding carboxylic acids is 1. The number of likely N-dealkylation sites (tertiary alicyclic amines) is 1. The second kappa shape index (κ2) is 6.54. The summed E-state index contributed by atoms with van der Waals surface area (Å²) in [6.45, 7) is 2.07. The van der Waals surface area contributed by atoms with Gasteiger partial charge in [-0.3, -0.25) is 4.79 Å². The Morgan fingerprint density at radius 2 is 2.04 bits per heavy atom. The molecule has 25 heavy (non-hydrogen) atoms. The molecule has 0 saturated carbocycles. The number of carbonyl (C=O) groups is 2. The summed E-state index contributed by atoms with van der Waals surface area (Å²) in [6, 6.07) is 5.73. The zero-order valence-electron chi connectivity index (χ0n) is 13.6. The van der Waals surface area contributed by atoms with Crippen molar-refractivity contribution in [3.05, 3.63) is 47.6 Å². The number of piperidine rings is 1. The largest absolute Gasteiger partial charge is 0.478 e. The van der Waals surface area contributed by atoms with E-state index in [1.54, 1.807) is 13.0 Å². The van der Waals surface area contributed by atoms with Gasteiger partial charge in [0.2, 0.25) is 11.4 Å². The Bertz CT molecular complexity index is 782. The molecule has 0 bridgehead atoms. The van der Waals surface area contributed by atoms with Crippen LogP contribution in [-0.4, -0.2) is 45.7 Å². The topological polar surface area (TPSA) is 92.9 Å². The van der Waals surface area contributed by atoms with Crippen molar-refractivity contribution in [1.82, 2.24) is 10.1 Å². The van der Waals surface area contributed by atoms with Gasteiger partial charge < -0.3 is 19.3 Å². The molecule has 1 aliphatic rings. The highest BCUT2D eigenvalue weighted by Crippen LogP contribution is 2.31. The van der Waals surface area contributed by atoms with Crippen molar-refractivity contribution >= 4 is 11.9 Å². The van der Waals surface area contributed by atoms with E-state index in [4.69, 9.17) is 9.26 Å². The van der Waals surface area contributed by atoms with Gasteiger partial charge in [0.1, 0.15) is 0 Å². The number of rotatable bonds is 4. The van der Waals surface area contributed by atoms with Gasteiger partial charge in [-0.1, -0.05) is 11.2 Å². The van der Waals surface area contributed by atoms with Gasteiger partial charge in [0.25, 0.3) is 5.91 Å². The van der Waals surface area contributed by atoms with Crippen molar-refractivity contribution in [2.75, 3.05) is 13.1 Å². The van der Waals surface area contributed by atoms with Crippen molar-refractivity contribution in [2.24, 2.45) is 0 Å². The van der Waals surface area contributed by atoms with Crippen LogP contribution in [0.5, 0.6) is 5.75 Å². The van der Waals surface area contributed by atoms with E-state index in [2.05, 4.69) is 5.16 Å². The molecule has 0 radical (unpaired) electrons. The summed E-state index contributed by atoms with van der Waals surface area (Å²) in [4.78, 5) is 25.5. The van der Waals surface area contributed by atoms with Crippen LogP contribution in [0.2, 0.25) is 0 Å². The molecule has 1 aromatic heterocycles. The van der Waals surface area contributed by atoms with Crippen LogP contribution < -0.4 is 4.74 Å². The highest BCUT2D eigenvalue weighted by atomic mass is 19.1. The maximum absolute atomic E-state index is 13.9. The monoisotopic (exact) mass is 348 g/mol. The number of aromatic nitrogens is 1. The number of carboxylic acids is 1. The molecule has 0 unspecified atom stereocenters. The van der Waals surface area contributed by atoms with E-state index in [0.717, 1.165) is 5.56 Å². The minimum atomic E-state index is -1.58. The quantitative estimate of drug-likeness (QED) is 0.911. The molecule has 1 amide bonds. The van der Waals surface area contributed by atoms with Crippen LogP contribution in [0.25, 0.3) is 0 Å². The van der Waals surface area contributed by atoms with E-state index in [1.807, 2.05) is 0 Å². The normalized spacial score (nSPS) is 16.5. The second-order valence-corrected chi connectivity index (χ2v) is 6.00. The van der Waals surface area contributed by atoms with Gasteiger partial charge >= 0.3 is 5.97 Å². The van der Waals surface area contributed by atoms with Crippen LogP contribution in [0.4, 0.5) is 4.39 Å². The smallest absolute Gasteiger partial charge is 0.348 e. The zero-order valence-corrected chi connectivity index (χ0v) is 13.6. The Kier molecular flexibility index (Phi) is 4.43. The SMILES string of the molecule is Cc1ccc(F)c(OC2(C(=O)O)CCN(C(=O)c3ccno3)CC2)c1. The first-order chi connectivity index (χ1) is 11.9. The summed E-state index contributed by atoms with van der Waals surface area (Å²) in [5, 5.41) is 13.1. The van der Waals surface area contributed by atoms with E-state index < -0.39 is 17.4 Å². The molecular formula is C17H17FN2O5. The van der Waals surface area contributed by atoms with Gasteiger partial charge in [-0.15, -0.1) is 0 Å². The van der Waals surface area contributed by atoms with Gasteiger partial charge in [0.05, 0.1) is 6.20 Å². The number of hydrogen-bond donors (Lipinski definition) is 1. The molecule has 0 spiro atoms. The van der Waals surface area contributed by atoms with E-state index in [-0.39, 0.29) is 43.3 Å². The summed E-state index contributed by atoms with van der Waals surface area (Å²) >= 11 is 0. The first-order valence-corrected chi connectivity index (χ1v) is 7.80. The fourth-order valence-electron chi connectivity index (χ4n) is 2.81. The lowest BCUT2D eigenvalue weighted by molar-refractivity contribution is -0.159. The maximum atomic E-state index is 13.9. The minimum Gasteiger partial charge on any atom is -0.478 e. The van der Waals surface area contributed by atoms with E-state index >= 15 is 0 Å². The van der Waals surface area contributed by atoms with Gasteiger partial charge in [-0.2, -0.15) is 0 Å². The first-order valence-electron chi connectivity index (χ1n) is 7.80. The van der Waals surface area contributed by atoms with Crippen molar-refractivity contribution in [3.8, 4) is 5.75 Å². The Balaban J connectivity index is 1.76. The minimum absolute atomic E-state index is 0.0373. The number of carboxylic acid groups (broad SMARTS) is 1. The molecule has 7 nitrogen and oxygen atoms in total. The molecule has 3 rings (SSSR count). The molecule has 1 aliphatic heterocycles. The van der Waals surface area contributed by atoms with E-state index in [9.17, 15) is 19.1 Å². The lowest BCUT2D eigenvalue weighted by Crippen LogP contribution is -2.54. The number of aliphatic carboxylic acids is 1. The molecule has 0 aliphatic carbocycles. The van der Waals surface area contributed by atoms with Crippen LogP contribution in [-0.2, 0) is 4.79 Å². The average molecular weight is 348 g/mol. The molecule has 8 heteroatoms. The van der Waals surface area contributed by atoms with Gasteiger partial charge in [0.15, 0.2) is 11.6 Å². The van der Waals surface area contributed by atoms with Crippen LogP contribution in [0.1, 0.15) is 29.0 Å². The summed E-state index contributed by atoms with van der Waals surface area (Å²) in [5.74, 6) is -2.17. The summed E-state index contributed by atoms with van der Waals surface area (Å²) in [5.41, 5.74) is -0.817. The number of halogens is 1. The number of aryl methyl sites for hydroxylation is 1. The second-order valence-electron chi connectivity index (χ2n) is 6.00. The molecular weight excluding hydrogens is 331 g/mol. The lowest BCUT2D eigenvalue weighted by Gasteiger charge is -2.38. The predicted molar refractivity (Wildman–Crippen MR) is 83.8 cm³/mol. The molecule has 1 aromatic carbocycles. The molecule has 1 N–H and O–H groups in total. The molecule has 2 aromatic rings. The van der Waals surface area contributed by atoms with E-state index in [1.165, 1.54) is 29.3 Å². The zero-order chi connectivity index (χ0) is 18.0. The lowest BCUT2D eigenvalue weighted by atomic mass is 9.90. The Morgan fingerprint density at radius 3 is 2.64 bits per heavy atom. The van der Waals surface area contributed by atoms with Crippen LogP contribution >= 0.6 is 0 Å². The summed E-state index contributed by atoms with van der Waals surface area (Å²) < 4.78 is 24.4. The number of nitrogens with zero attached hydrogens (tertiary/aromatic N) is 2. The Morgan fingerprint density at radius 1 is 1.32 bits per heavy atom. The Hall–Kier alpha value is -2.90. The van der Waals surface area contributed by atoms with Crippen molar-refractivity contribution in [2.45, 2.75) is 25.4 Å². The van der Waals surface area contributed by atoms with Crippen LogP contribution in [0.3, 0.4) is 0 Å². The Labute approximate surface area is 143 Å². The highest BCUT2D eigenvalue weighted by molar-refractivity contribution is 5.91. The van der Waals surface area contributed by atoms with Crippen molar-refractivity contribution in [1.29, 1.82) is 0 Å².